The maximum Gasteiger partial charge on any atom is 0.306 e. The summed E-state index contributed by atoms with van der Waals surface area (Å²) in [4.78, 5) is 0. The van der Waals surface area contributed by atoms with Gasteiger partial charge in [0.25, 0.3) is 0 Å². The molecule has 0 fully saturated rings. The first-order valence-electron chi connectivity index (χ1n) is 13.0. The molecule has 1 aliphatic carbocycles. The molecule has 1 aliphatic rings. The average Bonchev–Trinajstić information content (AvgIpc) is 3.21. The molecule has 0 bridgehead atoms. The first-order valence-corrected chi connectivity index (χ1v) is 16.6. The molecule has 0 spiro atoms. The number of rotatable bonds is 8. The molecule has 5 rings (SSSR count). The van der Waals surface area contributed by atoms with Gasteiger partial charge in [-0.05, 0) is 71.5 Å². The second-order valence-corrected chi connectivity index (χ2v) is 13.1. The highest BCUT2D eigenvalue weighted by Crippen LogP contribution is 2.56. The van der Waals surface area contributed by atoms with Crippen molar-refractivity contribution in [2.45, 2.75) is 19.3 Å². The van der Waals surface area contributed by atoms with Crippen LogP contribution >= 0.6 is 0 Å². The zero-order chi connectivity index (χ0) is 29.4. The first kappa shape index (κ1) is 28.4. The molecular formula is C33H30O6S2. The van der Waals surface area contributed by atoms with Crippen molar-refractivity contribution in [1.29, 1.82) is 0 Å². The van der Waals surface area contributed by atoms with E-state index < -0.39 is 25.7 Å². The van der Waals surface area contributed by atoms with Gasteiger partial charge in [0.05, 0.1) is 17.9 Å². The van der Waals surface area contributed by atoms with Crippen molar-refractivity contribution in [2.24, 2.45) is 0 Å². The Labute approximate surface area is 241 Å². The van der Waals surface area contributed by atoms with E-state index in [1.165, 1.54) is 0 Å². The zero-order valence-corrected chi connectivity index (χ0v) is 24.8. The molecule has 0 unspecified atom stereocenters. The highest BCUT2D eigenvalue weighted by molar-refractivity contribution is 7.86. The quantitative estimate of drug-likeness (QED) is 0.186. The predicted molar refractivity (Wildman–Crippen MR) is 164 cm³/mol. The second kappa shape index (κ2) is 10.7. The van der Waals surface area contributed by atoms with Crippen molar-refractivity contribution in [3.05, 3.63) is 130 Å². The maximum atomic E-state index is 12.0. The van der Waals surface area contributed by atoms with E-state index >= 15 is 0 Å². The Morgan fingerprint density at radius 1 is 0.585 bits per heavy atom. The Morgan fingerprint density at radius 2 is 0.976 bits per heavy atom. The summed E-state index contributed by atoms with van der Waals surface area (Å²) in [7, 11) is -7.50. The van der Waals surface area contributed by atoms with E-state index in [9.17, 15) is 16.8 Å². The SMILES string of the molecule is C/C=C\c1cc(C2(c3ccc(OS(C)(=O)=O)c(/C=C\C)c3)c3ccccc3-c3ccccc32)ccc1OS(C)(=O)=O. The van der Waals surface area contributed by atoms with Crippen LogP contribution in [0.15, 0.2) is 97.1 Å². The molecular weight excluding hydrogens is 556 g/mol. The summed E-state index contributed by atoms with van der Waals surface area (Å²) in [5.74, 6) is 0.464. The third-order valence-corrected chi connectivity index (χ3v) is 7.98. The van der Waals surface area contributed by atoms with E-state index in [1.54, 1.807) is 12.1 Å². The molecule has 0 radical (unpaired) electrons. The Bertz CT molecular complexity index is 1780. The normalized spacial score (nSPS) is 14.2. The maximum absolute atomic E-state index is 12.0. The van der Waals surface area contributed by atoms with Crippen molar-refractivity contribution >= 4 is 32.4 Å². The van der Waals surface area contributed by atoms with Crippen LogP contribution in [0.1, 0.15) is 47.2 Å². The lowest BCUT2D eigenvalue weighted by molar-refractivity contribution is 0.490. The fourth-order valence-electron chi connectivity index (χ4n) is 5.68. The molecule has 4 aromatic carbocycles. The minimum atomic E-state index is -3.75. The van der Waals surface area contributed by atoms with Gasteiger partial charge in [-0.15, -0.1) is 0 Å². The summed E-state index contributed by atoms with van der Waals surface area (Å²) < 4.78 is 58.8. The monoisotopic (exact) mass is 586 g/mol. The number of fused-ring (bicyclic) bond motifs is 3. The van der Waals surface area contributed by atoms with Crippen molar-refractivity contribution in [3.8, 4) is 22.6 Å². The molecule has 0 aromatic heterocycles. The van der Waals surface area contributed by atoms with E-state index in [0.29, 0.717) is 11.1 Å². The standard InChI is InChI=1S/C33H30O6S2/c1-5-11-23-21-25(17-19-31(23)38-40(3,34)35)33(26-18-20-32(39-41(4,36)37)24(22-26)12-6-2)29-15-9-7-13-27(29)28-14-8-10-16-30(28)33/h5-22H,1-4H3/b11-5-,12-6-. The van der Waals surface area contributed by atoms with Crippen LogP contribution in [0.3, 0.4) is 0 Å². The van der Waals surface area contributed by atoms with E-state index in [1.807, 2.05) is 86.7 Å². The summed E-state index contributed by atoms with van der Waals surface area (Å²) in [6.07, 6.45) is 9.35. The summed E-state index contributed by atoms with van der Waals surface area (Å²) in [5.41, 5.74) is 6.46. The molecule has 6 nitrogen and oxygen atoms in total. The minimum Gasteiger partial charge on any atom is -0.382 e. The topological polar surface area (TPSA) is 86.7 Å². The number of hydrogen-bond donors (Lipinski definition) is 0. The van der Waals surface area contributed by atoms with E-state index in [4.69, 9.17) is 8.37 Å². The molecule has 0 atom stereocenters. The predicted octanol–water partition coefficient (Wildman–Crippen LogP) is 6.79. The van der Waals surface area contributed by atoms with Gasteiger partial charge in [0.1, 0.15) is 11.5 Å². The summed E-state index contributed by atoms with van der Waals surface area (Å²) >= 11 is 0. The van der Waals surface area contributed by atoms with Crippen molar-refractivity contribution in [3.63, 3.8) is 0 Å². The van der Waals surface area contributed by atoms with Crippen LogP contribution in [0.5, 0.6) is 11.5 Å². The molecule has 0 aliphatic heterocycles. The molecule has 0 N–H and O–H groups in total. The zero-order valence-electron chi connectivity index (χ0n) is 23.2. The molecule has 0 saturated carbocycles. The molecule has 4 aromatic rings. The Balaban J connectivity index is 1.89. The lowest BCUT2D eigenvalue weighted by Crippen LogP contribution is -2.29. The molecule has 0 amide bonds. The van der Waals surface area contributed by atoms with Gasteiger partial charge < -0.3 is 8.37 Å². The molecule has 0 heterocycles. The Kier molecular flexibility index (Phi) is 7.40. The Morgan fingerprint density at radius 3 is 1.34 bits per heavy atom. The highest BCUT2D eigenvalue weighted by Gasteiger charge is 2.46. The molecule has 0 saturated heterocycles. The van der Waals surface area contributed by atoms with Gasteiger partial charge in [-0.25, -0.2) is 0 Å². The number of hydrogen-bond acceptors (Lipinski definition) is 6. The van der Waals surface area contributed by atoms with Gasteiger partial charge >= 0.3 is 20.2 Å². The third-order valence-electron chi connectivity index (χ3n) is 7.01. The number of benzene rings is 4. The lowest BCUT2D eigenvalue weighted by Gasteiger charge is -2.34. The highest BCUT2D eigenvalue weighted by atomic mass is 32.2. The molecule has 210 valence electrons. The minimum absolute atomic E-state index is 0.232. The van der Waals surface area contributed by atoms with Gasteiger partial charge in [0.2, 0.25) is 0 Å². The summed E-state index contributed by atoms with van der Waals surface area (Å²) in [5, 5.41) is 0. The van der Waals surface area contributed by atoms with Crippen LogP contribution in [0, 0.1) is 0 Å². The molecule has 41 heavy (non-hydrogen) atoms. The third kappa shape index (κ3) is 5.33. The van der Waals surface area contributed by atoms with Crippen molar-refractivity contribution in [2.75, 3.05) is 12.5 Å². The van der Waals surface area contributed by atoms with Crippen molar-refractivity contribution in [1.82, 2.24) is 0 Å². The van der Waals surface area contributed by atoms with Crippen LogP contribution < -0.4 is 8.37 Å². The van der Waals surface area contributed by atoms with E-state index in [-0.39, 0.29) is 11.5 Å². The van der Waals surface area contributed by atoms with Gasteiger partial charge in [-0.2, -0.15) is 16.8 Å². The fourth-order valence-corrected chi connectivity index (χ4v) is 6.64. The lowest BCUT2D eigenvalue weighted by atomic mass is 9.67. The second-order valence-electron chi connectivity index (χ2n) is 9.92. The first-order chi connectivity index (χ1) is 19.5. The van der Waals surface area contributed by atoms with Crippen molar-refractivity contribution < 1.29 is 25.2 Å². The van der Waals surface area contributed by atoms with Gasteiger partial charge in [-0.1, -0.05) is 85.0 Å². The average molecular weight is 587 g/mol. The van der Waals surface area contributed by atoms with E-state index in [0.717, 1.165) is 45.9 Å². The summed E-state index contributed by atoms with van der Waals surface area (Å²) in [6, 6.07) is 27.5. The van der Waals surface area contributed by atoms with Crippen LogP contribution in [-0.4, -0.2) is 29.3 Å². The summed E-state index contributed by atoms with van der Waals surface area (Å²) in [6.45, 7) is 3.72. The molecule has 8 heteroatoms. The van der Waals surface area contributed by atoms with Gasteiger partial charge in [0.15, 0.2) is 0 Å². The van der Waals surface area contributed by atoms with Crippen LogP contribution in [-0.2, 0) is 25.7 Å². The van der Waals surface area contributed by atoms with Crippen LogP contribution in [0.2, 0.25) is 0 Å². The van der Waals surface area contributed by atoms with Crippen LogP contribution in [0.4, 0.5) is 0 Å². The van der Waals surface area contributed by atoms with Gasteiger partial charge in [0, 0.05) is 11.1 Å². The largest absolute Gasteiger partial charge is 0.382 e. The Hall–Kier alpha value is -4.14. The number of allylic oxidation sites excluding steroid dienone is 2. The van der Waals surface area contributed by atoms with E-state index in [2.05, 4.69) is 24.3 Å². The van der Waals surface area contributed by atoms with Crippen LogP contribution in [0.25, 0.3) is 23.3 Å². The van der Waals surface area contributed by atoms with Gasteiger partial charge in [-0.3, -0.25) is 0 Å². The smallest absolute Gasteiger partial charge is 0.306 e. The fraction of sp³-hybridized carbons (Fsp3) is 0.152.